The molecule has 0 saturated carbocycles. The van der Waals surface area contributed by atoms with E-state index in [-0.39, 0.29) is 17.5 Å². The van der Waals surface area contributed by atoms with E-state index in [1.165, 1.54) is 46.5 Å². The predicted molar refractivity (Wildman–Crippen MR) is 195 cm³/mol. The van der Waals surface area contributed by atoms with Gasteiger partial charge in [-0.3, -0.25) is 9.80 Å². The van der Waals surface area contributed by atoms with Crippen molar-refractivity contribution in [3.63, 3.8) is 0 Å². The van der Waals surface area contributed by atoms with E-state index >= 15 is 0 Å². The van der Waals surface area contributed by atoms with Crippen molar-refractivity contribution in [3.05, 3.63) is 125 Å². The summed E-state index contributed by atoms with van der Waals surface area (Å²) in [6.07, 6.45) is 5.82. The van der Waals surface area contributed by atoms with E-state index < -0.39 is 0 Å². The molecule has 256 valence electrons. The van der Waals surface area contributed by atoms with Gasteiger partial charge in [0, 0.05) is 29.1 Å². The first-order chi connectivity index (χ1) is 24.3. The van der Waals surface area contributed by atoms with Crippen molar-refractivity contribution in [2.45, 2.75) is 65.1 Å². The molecule has 5 aromatic rings. The summed E-state index contributed by atoms with van der Waals surface area (Å²) in [5.74, 6) is 2.57. The Hall–Kier alpha value is -4.86. The smallest absolute Gasteiger partial charge is 0.247 e. The van der Waals surface area contributed by atoms with Gasteiger partial charge < -0.3 is 13.7 Å². The van der Waals surface area contributed by atoms with Crippen molar-refractivity contribution in [1.82, 2.24) is 30.2 Å². The van der Waals surface area contributed by atoms with Gasteiger partial charge in [-0.1, -0.05) is 67.1 Å². The van der Waals surface area contributed by atoms with Gasteiger partial charge in [0.25, 0.3) is 0 Å². The van der Waals surface area contributed by atoms with Gasteiger partial charge in [0.2, 0.25) is 23.6 Å². The topological polar surface area (TPSA) is 87.6 Å². The fraction of sp³-hybridized carbons (Fsp3) is 0.366. The highest BCUT2D eigenvalue weighted by Crippen LogP contribution is 2.52. The summed E-state index contributed by atoms with van der Waals surface area (Å²) in [7, 11) is 2.15. The van der Waals surface area contributed by atoms with Gasteiger partial charge in [-0.15, -0.1) is 20.4 Å². The number of aromatic nitrogens is 4. The third-order valence-corrected chi connectivity index (χ3v) is 10.8. The number of likely N-dealkylation sites (tertiary alicyclic amines) is 1. The lowest BCUT2D eigenvalue weighted by molar-refractivity contribution is 0.178. The SMILES string of the molecule is Cc1ccc(-c2nnc(C(C)N3C4=C(Cc5ccccc53)C(C)C=C(CN(C)Cc3nnc(-c5ccccc5)o3)C4(C)N3CCCC3)o2)cc1. The summed E-state index contributed by atoms with van der Waals surface area (Å²) in [4.78, 5) is 7.52. The lowest BCUT2D eigenvalue weighted by Crippen LogP contribution is -2.57. The first kappa shape index (κ1) is 32.4. The Morgan fingerprint density at radius 1 is 0.840 bits per heavy atom. The van der Waals surface area contributed by atoms with Crippen LogP contribution in [0.5, 0.6) is 0 Å². The van der Waals surface area contributed by atoms with Crippen molar-refractivity contribution in [2.75, 3.05) is 31.6 Å². The molecule has 4 heterocycles. The molecule has 9 heteroatoms. The summed E-state index contributed by atoms with van der Waals surface area (Å²) >= 11 is 0. The molecule has 9 nitrogen and oxygen atoms in total. The summed E-state index contributed by atoms with van der Waals surface area (Å²) in [5, 5.41) is 18.0. The zero-order chi connectivity index (χ0) is 34.4. The van der Waals surface area contributed by atoms with Gasteiger partial charge in [-0.25, -0.2) is 0 Å². The van der Waals surface area contributed by atoms with Crippen LogP contribution in [-0.4, -0.2) is 62.4 Å². The van der Waals surface area contributed by atoms with Crippen molar-refractivity contribution >= 4 is 5.69 Å². The summed E-state index contributed by atoms with van der Waals surface area (Å²) in [6, 6.07) is 26.8. The number of anilines is 1. The van der Waals surface area contributed by atoms with E-state index in [1.54, 1.807) is 0 Å². The lowest BCUT2D eigenvalue weighted by atomic mass is 9.71. The van der Waals surface area contributed by atoms with E-state index in [0.29, 0.717) is 30.1 Å². The second-order valence-corrected chi connectivity index (χ2v) is 14.3. The minimum absolute atomic E-state index is 0.186. The Bertz CT molecular complexity index is 2040. The number of allylic oxidation sites excluding steroid dienone is 2. The van der Waals surface area contributed by atoms with Gasteiger partial charge in [0.15, 0.2) is 0 Å². The molecule has 1 aliphatic carbocycles. The highest BCUT2D eigenvalue weighted by atomic mass is 16.4. The number of aryl methyl sites for hydroxylation is 1. The van der Waals surface area contributed by atoms with Crippen LogP contribution in [-0.2, 0) is 13.0 Å². The van der Waals surface area contributed by atoms with E-state index in [9.17, 15) is 0 Å². The zero-order valence-corrected chi connectivity index (χ0v) is 29.6. The molecule has 2 aromatic heterocycles. The third kappa shape index (κ3) is 5.78. The Morgan fingerprint density at radius 3 is 2.30 bits per heavy atom. The van der Waals surface area contributed by atoms with Crippen LogP contribution in [0.25, 0.3) is 22.9 Å². The van der Waals surface area contributed by atoms with Crippen LogP contribution in [0.3, 0.4) is 0 Å². The number of hydrogen-bond donors (Lipinski definition) is 0. The average Bonchev–Trinajstić information content (AvgIpc) is 3.94. The number of nitrogens with zero attached hydrogens (tertiary/aromatic N) is 7. The maximum absolute atomic E-state index is 6.49. The highest BCUT2D eigenvalue weighted by molar-refractivity contribution is 5.69. The maximum Gasteiger partial charge on any atom is 0.247 e. The number of para-hydroxylation sites is 1. The van der Waals surface area contributed by atoms with Crippen LogP contribution < -0.4 is 4.90 Å². The normalized spacial score (nSPS) is 21.4. The molecule has 3 unspecified atom stereocenters. The van der Waals surface area contributed by atoms with Crippen LogP contribution in [0.4, 0.5) is 5.69 Å². The van der Waals surface area contributed by atoms with Crippen LogP contribution in [0.15, 0.2) is 111 Å². The number of fused-ring (bicyclic) bond motifs is 1. The van der Waals surface area contributed by atoms with Crippen LogP contribution in [0, 0.1) is 12.8 Å². The molecule has 1 saturated heterocycles. The molecule has 50 heavy (non-hydrogen) atoms. The number of rotatable bonds is 9. The highest BCUT2D eigenvalue weighted by Gasteiger charge is 2.50. The van der Waals surface area contributed by atoms with Crippen molar-refractivity contribution in [3.8, 4) is 22.9 Å². The fourth-order valence-electron chi connectivity index (χ4n) is 8.15. The molecule has 2 aliphatic heterocycles. The standard InChI is InChI=1S/C41H45N7O2/c1-27-17-19-31(20-18-27)40-45-43-38(50-40)29(3)48-35-16-10-9-15-32(35)24-34-28(2)23-33(41(4,37(34)48)47-21-11-12-22-47)25-46(5)26-36-42-44-39(49-36)30-13-7-6-8-14-30/h6-10,13-20,23,28-29H,11-12,21-22,24-26H2,1-5H3. The quantitative estimate of drug-likeness (QED) is 0.145. The molecular weight excluding hydrogens is 622 g/mol. The van der Waals surface area contributed by atoms with Gasteiger partial charge in [-0.05, 0) is 113 Å². The lowest BCUT2D eigenvalue weighted by Gasteiger charge is -2.54. The van der Waals surface area contributed by atoms with Crippen LogP contribution in [0.2, 0.25) is 0 Å². The Kier molecular flexibility index (Phi) is 8.49. The van der Waals surface area contributed by atoms with E-state index in [2.05, 4.69) is 112 Å². The Morgan fingerprint density at radius 2 is 1.52 bits per heavy atom. The molecule has 3 aromatic carbocycles. The number of likely N-dealkylation sites (N-methyl/N-ethyl adjacent to an activating group) is 1. The predicted octanol–water partition coefficient (Wildman–Crippen LogP) is 8.04. The number of benzene rings is 3. The average molecular weight is 668 g/mol. The molecule has 3 atom stereocenters. The fourth-order valence-corrected chi connectivity index (χ4v) is 8.15. The first-order valence-corrected chi connectivity index (χ1v) is 17.8. The van der Waals surface area contributed by atoms with Gasteiger partial charge in [0.05, 0.1) is 12.1 Å². The molecule has 1 fully saturated rings. The molecule has 0 amide bonds. The van der Waals surface area contributed by atoms with Gasteiger partial charge in [0.1, 0.15) is 6.04 Å². The van der Waals surface area contributed by atoms with Crippen LogP contribution >= 0.6 is 0 Å². The zero-order valence-electron chi connectivity index (χ0n) is 29.6. The molecule has 0 N–H and O–H groups in total. The van der Waals surface area contributed by atoms with E-state index in [1.807, 2.05) is 42.5 Å². The minimum atomic E-state index is -0.349. The molecular formula is C41H45N7O2. The first-order valence-electron chi connectivity index (χ1n) is 17.8. The van der Waals surface area contributed by atoms with Crippen molar-refractivity contribution < 1.29 is 8.83 Å². The van der Waals surface area contributed by atoms with Gasteiger partial charge in [-0.2, -0.15) is 0 Å². The van der Waals surface area contributed by atoms with E-state index in [0.717, 1.165) is 37.2 Å². The van der Waals surface area contributed by atoms with Gasteiger partial charge >= 0.3 is 0 Å². The molecule has 0 bridgehead atoms. The Balaban J connectivity index is 1.15. The third-order valence-electron chi connectivity index (χ3n) is 10.8. The number of hydrogen-bond acceptors (Lipinski definition) is 9. The van der Waals surface area contributed by atoms with Crippen LogP contribution in [0.1, 0.15) is 62.6 Å². The second-order valence-electron chi connectivity index (χ2n) is 14.3. The molecule has 3 aliphatic rings. The maximum atomic E-state index is 6.49. The van der Waals surface area contributed by atoms with Crippen molar-refractivity contribution in [2.24, 2.45) is 5.92 Å². The molecule has 8 rings (SSSR count). The molecule has 0 radical (unpaired) electrons. The Labute approximate surface area is 294 Å². The summed E-state index contributed by atoms with van der Waals surface area (Å²) in [6.45, 7) is 12.5. The summed E-state index contributed by atoms with van der Waals surface area (Å²) < 4.78 is 12.6. The molecule has 0 spiro atoms. The minimum Gasteiger partial charge on any atom is -0.419 e. The van der Waals surface area contributed by atoms with Crippen molar-refractivity contribution in [1.29, 1.82) is 0 Å². The largest absolute Gasteiger partial charge is 0.419 e. The second kappa shape index (κ2) is 13.1. The monoisotopic (exact) mass is 667 g/mol. The van der Waals surface area contributed by atoms with E-state index in [4.69, 9.17) is 8.83 Å². The summed E-state index contributed by atoms with van der Waals surface area (Å²) in [5.41, 5.74) is 9.44.